The van der Waals surface area contributed by atoms with Crippen molar-refractivity contribution in [1.29, 1.82) is 0 Å². The van der Waals surface area contributed by atoms with Gasteiger partial charge in [0.2, 0.25) is 0 Å². The maximum absolute atomic E-state index is 11.0. The zero-order chi connectivity index (χ0) is 12.4. The van der Waals surface area contributed by atoms with E-state index in [9.17, 15) is 4.79 Å². The number of aromatic carboxylic acids is 1. The Bertz CT molecular complexity index is 526. The standard InChI is InChI=1S/C12H15N3O2/c1-9-8-11(12(16)17)10(2)15(9)7-6-14-5-3-4-13-14/h3-5,8H,6-7H2,1-2H3,(H,16,17). The van der Waals surface area contributed by atoms with Gasteiger partial charge in [-0.15, -0.1) is 0 Å². The molecule has 5 nitrogen and oxygen atoms in total. The smallest absolute Gasteiger partial charge is 0.337 e. The van der Waals surface area contributed by atoms with Gasteiger partial charge in [0.15, 0.2) is 0 Å². The molecule has 2 aromatic heterocycles. The molecule has 0 saturated heterocycles. The molecule has 0 aliphatic carbocycles. The number of hydrogen-bond acceptors (Lipinski definition) is 2. The van der Waals surface area contributed by atoms with Crippen LogP contribution in [0.5, 0.6) is 0 Å². The third kappa shape index (κ3) is 2.22. The molecule has 17 heavy (non-hydrogen) atoms. The molecule has 0 bridgehead atoms. The predicted molar refractivity (Wildman–Crippen MR) is 63.1 cm³/mol. The largest absolute Gasteiger partial charge is 0.478 e. The van der Waals surface area contributed by atoms with E-state index in [1.807, 2.05) is 35.4 Å². The van der Waals surface area contributed by atoms with Crippen LogP contribution in [0.1, 0.15) is 21.7 Å². The van der Waals surface area contributed by atoms with Crippen LogP contribution in [0, 0.1) is 13.8 Å². The summed E-state index contributed by atoms with van der Waals surface area (Å²) in [5, 5.41) is 13.1. The number of aromatic nitrogens is 3. The van der Waals surface area contributed by atoms with E-state index in [2.05, 4.69) is 5.10 Å². The van der Waals surface area contributed by atoms with Crippen LogP contribution >= 0.6 is 0 Å². The Morgan fingerprint density at radius 1 is 1.41 bits per heavy atom. The second-order valence-electron chi connectivity index (χ2n) is 4.01. The van der Waals surface area contributed by atoms with Gasteiger partial charge < -0.3 is 9.67 Å². The zero-order valence-corrected chi connectivity index (χ0v) is 9.92. The van der Waals surface area contributed by atoms with E-state index in [1.54, 1.807) is 12.3 Å². The van der Waals surface area contributed by atoms with E-state index in [0.717, 1.165) is 24.5 Å². The van der Waals surface area contributed by atoms with Crippen molar-refractivity contribution >= 4 is 5.97 Å². The predicted octanol–water partition coefficient (Wildman–Crippen LogP) is 1.70. The van der Waals surface area contributed by atoms with E-state index in [0.29, 0.717) is 5.56 Å². The Hall–Kier alpha value is -2.04. The SMILES string of the molecule is Cc1cc(C(=O)O)c(C)n1CCn1cccn1. The minimum atomic E-state index is -0.872. The van der Waals surface area contributed by atoms with Gasteiger partial charge in [0.05, 0.1) is 12.1 Å². The van der Waals surface area contributed by atoms with Gasteiger partial charge in [0.1, 0.15) is 0 Å². The van der Waals surface area contributed by atoms with E-state index < -0.39 is 5.97 Å². The first-order valence-electron chi connectivity index (χ1n) is 5.47. The molecule has 0 aliphatic heterocycles. The van der Waals surface area contributed by atoms with Gasteiger partial charge in [-0.05, 0) is 26.0 Å². The molecule has 0 atom stereocenters. The first-order valence-corrected chi connectivity index (χ1v) is 5.47. The number of nitrogens with zero attached hydrogens (tertiary/aromatic N) is 3. The van der Waals surface area contributed by atoms with Crippen LogP contribution < -0.4 is 0 Å². The molecular formula is C12H15N3O2. The molecule has 0 radical (unpaired) electrons. The lowest BCUT2D eigenvalue weighted by Gasteiger charge is -2.09. The highest BCUT2D eigenvalue weighted by Crippen LogP contribution is 2.15. The minimum absolute atomic E-state index is 0.378. The zero-order valence-electron chi connectivity index (χ0n) is 9.92. The first kappa shape index (κ1) is 11.4. The van der Waals surface area contributed by atoms with E-state index in [-0.39, 0.29) is 0 Å². The third-order valence-corrected chi connectivity index (χ3v) is 2.92. The molecule has 0 amide bonds. The quantitative estimate of drug-likeness (QED) is 0.874. The molecule has 0 aromatic carbocycles. The number of rotatable bonds is 4. The second-order valence-corrected chi connectivity index (χ2v) is 4.01. The fourth-order valence-corrected chi connectivity index (χ4v) is 2.00. The topological polar surface area (TPSA) is 60.0 Å². The molecule has 90 valence electrons. The molecule has 2 heterocycles. The highest BCUT2D eigenvalue weighted by molar-refractivity contribution is 5.89. The van der Waals surface area contributed by atoms with Crippen LogP contribution in [-0.2, 0) is 13.1 Å². The lowest BCUT2D eigenvalue weighted by atomic mass is 10.2. The maximum Gasteiger partial charge on any atom is 0.337 e. The molecule has 1 N–H and O–H groups in total. The highest BCUT2D eigenvalue weighted by Gasteiger charge is 2.14. The van der Waals surface area contributed by atoms with Crippen molar-refractivity contribution in [1.82, 2.24) is 14.3 Å². The molecule has 0 aliphatic rings. The fourth-order valence-electron chi connectivity index (χ4n) is 2.00. The number of aryl methyl sites for hydroxylation is 2. The number of carbonyl (C=O) groups is 1. The summed E-state index contributed by atoms with van der Waals surface area (Å²) < 4.78 is 3.84. The summed E-state index contributed by atoms with van der Waals surface area (Å²) in [5.74, 6) is -0.872. The monoisotopic (exact) mass is 233 g/mol. The van der Waals surface area contributed by atoms with Crippen LogP contribution in [0.25, 0.3) is 0 Å². The molecule has 2 rings (SSSR count). The van der Waals surface area contributed by atoms with Crippen molar-refractivity contribution < 1.29 is 9.90 Å². The van der Waals surface area contributed by atoms with Crippen molar-refractivity contribution in [3.8, 4) is 0 Å². The normalized spacial score (nSPS) is 10.7. The van der Waals surface area contributed by atoms with E-state index in [1.165, 1.54) is 0 Å². The Morgan fingerprint density at radius 2 is 2.18 bits per heavy atom. The van der Waals surface area contributed by atoms with Crippen molar-refractivity contribution in [2.24, 2.45) is 0 Å². The van der Waals surface area contributed by atoms with Gasteiger partial charge in [-0.1, -0.05) is 0 Å². The molecule has 0 fully saturated rings. The second kappa shape index (κ2) is 4.45. The van der Waals surface area contributed by atoms with Gasteiger partial charge in [-0.2, -0.15) is 5.10 Å². The lowest BCUT2D eigenvalue weighted by molar-refractivity contribution is 0.0696. The average molecular weight is 233 g/mol. The third-order valence-electron chi connectivity index (χ3n) is 2.92. The van der Waals surface area contributed by atoms with Crippen LogP contribution in [0.3, 0.4) is 0 Å². The van der Waals surface area contributed by atoms with Gasteiger partial charge in [-0.3, -0.25) is 4.68 Å². The van der Waals surface area contributed by atoms with Crippen LogP contribution in [0.2, 0.25) is 0 Å². The Balaban J connectivity index is 2.18. The van der Waals surface area contributed by atoms with Crippen molar-refractivity contribution in [2.45, 2.75) is 26.9 Å². The molecule has 0 saturated carbocycles. The Kier molecular flexibility index (Phi) is 2.99. The van der Waals surface area contributed by atoms with E-state index in [4.69, 9.17) is 5.11 Å². The minimum Gasteiger partial charge on any atom is -0.478 e. The van der Waals surface area contributed by atoms with Gasteiger partial charge in [-0.25, -0.2) is 4.79 Å². The summed E-state index contributed by atoms with van der Waals surface area (Å²) in [6.45, 7) is 5.22. The van der Waals surface area contributed by atoms with Crippen molar-refractivity contribution in [2.75, 3.05) is 0 Å². The van der Waals surface area contributed by atoms with Crippen LogP contribution in [0.15, 0.2) is 24.5 Å². The summed E-state index contributed by atoms with van der Waals surface area (Å²) in [4.78, 5) is 11.0. The molecular weight excluding hydrogens is 218 g/mol. The average Bonchev–Trinajstić information content (AvgIpc) is 2.86. The number of carboxylic acid groups (broad SMARTS) is 1. The number of hydrogen-bond donors (Lipinski definition) is 1. The summed E-state index contributed by atoms with van der Waals surface area (Å²) in [6, 6.07) is 3.58. The van der Waals surface area contributed by atoms with Gasteiger partial charge >= 0.3 is 5.97 Å². The number of carboxylic acids is 1. The lowest BCUT2D eigenvalue weighted by Crippen LogP contribution is -2.11. The first-order chi connectivity index (χ1) is 8.09. The summed E-state index contributed by atoms with van der Waals surface area (Å²) in [7, 11) is 0. The Labute approximate surface area is 99.3 Å². The summed E-state index contributed by atoms with van der Waals surface area (Å²) in [6.07, 6.45) is 3.63. The van der Waals surface area contributed by atoms with Gasteiger partial charge in [0.25, 0.3) is 0 Å². The summed E-state index contributed by atoms with van der Waals surface area (Å²) >= 11 is 0. The molecule has 0 unspecified atom stereocenters. The fraction of sp³-hybridized carbons (Fsp3) is 0.333. The molecule has 0 spiro atoms. The van der Waals surface area contributed by atoms with Crippen LogP contribution in [-0.4, -0.2) is 25.4 Å². The van der Waals surface area contributed by atoms with Crippen molar-refractivity contribution in [3.05, 3.63) is 41.5 Å². The Morgan fingerprint density at radius 3 is 2.71 bits per heavy atom. The summed E-state index contributed by atoms with van der Waals surface area (Å²) in [5.41, 5.74) is 2.14. The van der Waals surface area contributed by atoms with Crippen molar-refractivity contribution in [3.63, 3.8) is 0 Å². The molecule has 5 heteroatoms. The molecule has 2 aromatic rings. The van der Waals surface area contributed by atoms with E-state index >= 15 is 0 Å². The highest BCUT2D eigenvalue weighted by atomic mass is 16.4. The van der Waals surface area contributed by atoms with Gasteiger partial charge in [0, 0.05) is 30.3 Å². The maximum atomic E-state index is 11.0. The van der Waals surface area contributed by atoms with Crippen LogP contribution in [0.4, 0.5) is 0 Å².